The Hall–Kier alpha value is -1.35. The Morgan fingerprint density at radius 1 is 1.33 bits per heavy atom. The van der Waals surface area contributed by atoms with Crippen molar-refractivity contribution in [3.63, 3.8) is 0 Å². The van der Waals surface area contributed by atoms with E-state index >= 15 is 0 Å². The molecule has 1 fully saturated rings. The molecule has 21 heavy (non-hydrogen) atoms. The van der Waals surface area contributed by atoms with E-state index in [2.05, 4.69) is 43.0 Å². The molecule has 1 aromatic rings. The van der Waals surface area contributed by atoms with E-state index in [0.29, 0.717) is 11.9 Å². The lowest BCUT2D eigenvalue weighted by molar-refractivity contribution is -0.136. The second kappa shape index (κ2) is 7.60. The first-order chi connectivity index (χ1) is 10.1. The number of piperidine rings is 1. The number of nitrogens with zero attached hydrogens (tertiary/aromatic N) is 2. The number of carbonyl (C=O) groups excluding carboxylic acids is 1. The maximum Gasteiger partial charge on any atom is 0.226 e. The van der Waals surface area contributed by atoms with Gasteiger partial charge in [0.1, 0.15) is 0 Å². The first kappa shape index (κ1) is 16.0. The van der Waals surface area contributed by atoms with Crippen LogP contribution in [-0.4, -0.2) is 48.4 Å². The van der Waals surface area contributed by atoms with Crippen LogP contribution in [0.5, 0.6) is 0 Å². The minimum absolute atomic E-state index is 0.182. The molecule has 1 saturated heterocycles. The predicted octanol–water partition coefficient (Wildman–Crippen LogP) is 2.81. The Morgan fingerprint density at radius 3 is 2.71 bits per heavy atom. The number of hydrogen-bond acceptors (Lipinski definition) is 2. The third-order valence-electron chi connectivity index (χ3n) is 4.49. The Bertz CT molecular complexity index is 444. The van der Waals surface area contributed by atoms with Gasteiger partial charge in [-0.25, -0.2) is 0 Å². The Morgan fingerprint density at radius 2 is 2.05 bits per heavy atom. The van der Waals surface area contributed by atoms with Crippen LogP contribution in [0.2, 0.25) is 0 Å². The summed E-state index contributed by atoms with van der Waals surface area (Å²) < 4.78 is 0. The van der Waals surface area contributed by atoms with E-state index < -0.39 is 0 Å². The van der Waals surface area contributed by atoms with Crippen molar-refractivity contribution in [3.8, 4) is 0 Å². The minimum atomic E-state index is 0.182. The number of benzene rings is 1. The van der Waals surface area contributed by atoms with E-state index in [9.17, 15) is 4.79 Å². The lowest BCUT2D eigenvalue weighted by Crippen LogP contribution is -2.46. The van der Waals surface area contributed by atoms with Crippen LogP contribution in [-0.2, 0) is 11.2 Å². The summed E-state index contributed by atoms with van der Waals surface area (Å²) in [5.41, 5.74) is 1.30. The fourth-order valence-electron chi connectivity index (χ4n) is 3.04. The second-order valence-corrected chi connectivity index (χ2v) is 6.42. The molecule has 1 aliphatic heterocycles. The van der Waals surface area contributed by atoms with Crippen molar-refractivity contribution >= 4 is 5.91 Å². The monoisotopic (exact) mass is 288 g/mol. The van der Waals surface area contributed by atoms with Crippen molar-refractivity contribution in [2.45, 2.75) is 39.2 Å². The van der Waals surface area contributed by atoms with Gasteiger partial charge in [-0.2, -0.15) is 0 Å². The van der Waals surface area contributed by atoms with Gasteiger partial charge in [0.2, 0.25) is 5.91 Å². The number of carbonyl (C=O) groups is 1. The zero-order valence-corrected chi connectivity index (χ0v) is 13.6. The zero-order chi connectivity index (χ0) is 15.2. The third-order valence-corrected chi connectivity index (χ3v) is 4.49. The van der Waals surface area contributed by atoms with Crippen molar-refractivity contribution in [1.29, 1.82) is 0 Å². The summed E-state index contributed by atoms with van der Waals surface area (Å²) in [7, 11) is 1.94. The molecule has 0 aromatic heterocycles. The highest BCUT2D eigenvalue weighted by atomic mass is 16.2. The number of amides is 1. The molecule has 0 aliphatic carbocycles. The molecule has 0 spiro atoms. The molecule has 0 radical (unpaired) electrons. The highest BCUT2D eigenvalue weighted by Crippen LogP contribution is 2.20. The van der Waals surface area contributed by atoms with Crippen LogP contribution in [0.1, 0.15) is 32.3 Å². The van der Waals surface area contributed by atoms with Gasteiger partial charge in [0.15, 0.2) is 0 Å². The normalized spacial score (nSPS) is 19.7. The van der Waals surface area contributed by atoms with Gasteiger partial charge in [-0.05, 0) is 45.2 Å². The molecule has 0 N–H and O–H groups in total. The van der Waals surface area contributed by atoms with Gasteiger partial charge in [-0.3, -0.25) is 4.79 Å². The first-order valence-corrected chi connectivity index (χ1v) is 8.11. The molecule has 1 amide bonds. The van der Waals surface area contributed by atoms with Crippen molar-refractivity contribution < 1.29 is 4.79 Å². The molecule has 0 bridgehead atoms. The van der Waals surface area contributed by atoms with Crippen molar-refractivity contribution in [1.82, 2.24) is 9.80 Å². The van der Waals surface area contributed by atoms with Gasteiger partial charge in [-0.1, -0.05) is 30.3 Å². The van der Waals surface area contributed by atoms with E-state index in [1.807, 2.05) is 18.0 Å². The van der Waals surface area contributed by atoms with Gasteiger partial charge in [-0.15, -0.1) is 0 Å². The van der Waals surface area contributed by atoms with Crippen LogP contribution in [0.25, 0.3) is 0 Å². The van der Waals surface area contributed by atoms with E-state index in [0.717, 1.165) is 38.9 Å². The molecule has 3 heteroatoms. The summed E-state index contributed by atoms with van der Waals surface area (Å²) in [5, 5.41) is 0. The standard InChI is InChI=1S/C18H28N2O/c1-15(2)20-12-7-10-17(14-20)18(21)19(3)13-11-16-8-5-4-6-9-16/h4-6,8-9,15,17H,7,10-14H2,1-3H3. The quantitative estimate of drug-likeness (QED) is 0.832. The topological polar surface area (TPSA) is 23.6 Å². The van der Waals surface area contributed by atoms with Crippen LogP contribution in [0.15, 0.2) is 30.3 Å². The highest BCUT2D eigenvalue weighted by Gasteiger charge is 2.28. The average molecular weight is 288 g/mol. The largest absolute Gasteiger partial charge is 0.345 e. The van der Waals surface area contributed by atoms with Crippen LogP contribution in [0.4, 0.5) is 0 Å². The summed E-state index contributed by atoms with van der Waals surface area (Å²) in [6.45, 7) is 7.29. The van der Waals surface area contributed by atoms with E-state index in [1.54, 1.807) is 0 Å². The molecule has 0 saturated carbocycles. The number of hydrogen-bond donors (Lipinski definition) is 0. The van der Waals surface area contributed by atoms with Crippen LogP contribution < -0.4 is 0 Å². The molecule has 3 nitrogen and oxygen atoms in total. The maximum absolute atomic E-state index is 12.6. The van der Waals surface area contributed by atoms with Crippen molar-refractivity contribution in [3.05, 3.63) is 35.9 Å². The summed E-state index contributed by atoms with van der Waals surface area (Å²) in [6, 6.07) is 10.9. The summed E-state index contributed by atoms with van der Waals surface area (Å²) in [5.74, 6) is 0.498. The lowest BCUT2D eigenvalue weighted by atomic mass is 9.95. The average Bonchev–Trinajstić information content (AvgIpc) is 2.53. The molecule has 116 valence electrons. The van der Waals surface area contributed by atoms with Crippen LogP contribution in [0.3, 0.4) is 0 Å². The van der Waals surface area contributed by atoms with E-state index in [1.165, 1.54) is 5.56 Å². The number of rotatable bonds is 5. The van der Waals surface area contributed by atoms with Crippen molar-refractivity contribution in [2.75, 3.05) is 26.7 Å². The van der Waals surface area contributed by atoms with Crippen LogP contribution >= 0.6 is 0 Å². The second-order valence-electron chi connectivity index (χ2n) is 6.42. The fourth-order valence-corrected chi connectivity index (χ4v) is 3.04. The molecule has 1 aliphatic rings. The summed E-state index contributed by atoms with van der Waals surface area (Å²) >= 11 is 0. The summed E-state index contributed by atoms with van der Waals surface area (Å²) in [4.78, 5) is 16.9. The molecule has 1 heterocycles. The molecule has 1 atom stereocenters. The fraction of sp³-hybridized carbons (Fsp3) is 0.611. The third kappa shape index (κ3) is 4.57. The van der Waals surface area contributed by atoms with Gasteiger partial charge >= 0.3 is 0 Å². The van der Waals surface area contributed by atoms with E-state index in [4.69, 9.17) is 0 Å². The van der Waals surface area contributed by atoms with Crippen LogP contribution in [0, 0.1) is 5.92 Å². The van der Waals surface area contributed by atoms with Gasteiger partial charge in [0, 0.05) is 26.2 Å². The Labute approximate surface area is 128 Å². The predicted molar refractivity (Wildman–Crippen MR) is 87.2 cm³/mol. The van der Waals surface area contributed by atoms with Gasteiger partial charge in [0.25, 0.3) is 0 Å². The lowest BCUT2D eigenvalue weighted by Gasteiger charge is -2.36. The molecule has 1 aromatic carbocycles. The molecular formula is C18H28N2O. The SMILES string of the molecule is CC(C)N1CCCC(C(=O)N(C)CCc2ccccc2)C1. The Balaban J connectivity index is 1.84. The van der Waals surface area contributed by atoms with E-state index in [-0.39, 0.29) is 5.92 Å². The molecule has 2 rings (SSSR count). The number of likely N-dealkylation sites (tertiary alicyclic amines) is 1. The maximum atomic E-state index is 12.6. The minimum Gasteiger partial charge on any atom is -0.345 e. The number of likely N-dealkylation sites (N-methyl/N-ethyl adjacent to an activating group) is 1. The van der Waals surface area contributed by atoms with Gasteiger partial charge in [0.05, 0.1) is 5.92 Å². The zero-order valence-electron chi connectivity index (χ0n) is 13.6. The highest BCUT2D eigenvalue weighted by molar-refractivity contribution is 5.78. The molecule has 1 unspecified atom stereocenters. The Kier molecular flexibility index (Phi) is 5.80. The summed E-state index contributed by atoms with van der Waals surface area (Å²) in [6.07, 6.45) is 3.11. The molecular weight excluding hydrogens is 260 g/mol. The van der Waals surface area contributed by atoms with Gasteiger partial charge < -0.3 is 9.80 Å². The first-order valence-electron chi connectivity index (χ1n) is 8.11. The van der Waals surface area contributed by atoms with Crippen molar-refractivity contribution in [2.24, 2.45) is 5.92 Å². The smallest absolute Gasteiger partial charge is 0.226 e.